The summed E-state index contributed by atoms with van der Waals surface area (Å²) >= 11 is 0. The third kappa shape index (κ3) is 5.44. The maximum absolute atomic E-state index is 12.7. The van der Waals surface area contributed by atoms with Crippen molar-refractivity contribution in [3.63, 3.8) is 0 Å². The maximum atomic E-state index is 12.7. The highest BCUT2D eigenvalue weighted by molar-refractivity contribution is 6.00. The van der Waals surface area contributed by atoms with Gasteiger partial charge in [-0.25, -0.2) is 4.98 Å². The molecule has 0 bridgehead atoms. The first-order valence-corrected chi connectivity index (χ1v) is 10.1. The van der Waals surface area contributed by atoms with Crippen LogP contribution >= 0.6 is 0 Å². The molecule has 0 unspecified atom stereocenters. The number of nitrogens with one attached hydrogen (secondary N) is 3. The van der Waals surface area contributed by atoms with Gasteiger partial charge in [-0.3, -0.25) is 14.9 Å². The topological polar surface area (TPSA) is 115 Å². The molecule has 0 aliphatic heterocycles. The Labute approximate surface area is 180 Å². The lowest BCUT2D eigenvalue weighted by Gasteiger charge is -2.17. The summed E-state index contributed by atoms with van der Waals surface area (Å²) in [5.41, 5.74) is 1.85. The highest BCUT2D eigenvalue weighted by Crippen LogP contribution is 2.39. The van der Waals surface area contributed by atoms with Crippen LogP contribution in [0.5, 0.6) is 17.2 Å². The lowest BCUT2D eigenvalue weighted by atomic mass is 10.1. The van der Waals surface area contributed by atoms with Gasteiger partial charge in [0.05, 0.1) is 37.4 Å². The molecular weight excluding hydrogens is 400 g/mol. The van der Waals surface area contributed by atoms with Gasteiger partial charge in [0.2, 0.25) is 17.6 Å². The minimum Gasteiger partial charge on any atom is -0.490 e. The van der Waals surface area contributed by atoms with Crippen LogP contribution in [0.3, 0.4) is 0 Å². The number of carbonyl (C=O) groups excluding carboxylic acids is 2. The van der Waals surface area contributed by atoms with Crippen molar-refractivity contribution in [1.29, 1.82) is 0 Å². The van der Waals surface area contributed by atoms with Gasteiger partial charge in [0.1, 0.15) is 0 Å². The van der Waals surface area contributed by atoms with Crippen molar-refractivity contribution < 1.29 is 23.8 Å². The van der Waals surface area contributed by atoms with E-state index in [2.05, 4.69) is 20.6 Å². The molecule has 9 heteroatoms. The molecule has 1 heterocycles. The molecule has 0 saturated heterocycles. The Balaban J connectivity index is 1.69. The number of ether oxygens (including phenoxy) is 3. The van der Waals surface area contributed by atoms with Crippen LogP contribution in [0.15, 0.2) is 36.4 Å². The van der Waals surface area contributed by atoms with Crippen LogP contribution in [0.25, 0.3) is 11.0 Å². The van der Waals surface area contributed by atoms with Crippen LogP contribution in [0.4, 0.5) is 5.95 Å². The second-order valence-corrected chi connectivity index (χ2v) is 6.43. The molecule has 0 atom stereocenters. The molecule has 0 saturated carbocycles. The molecule has 0 radical (unpaired) electrons. The number of fused-ring (bicyclic) bond motifs is 1. The fourth-order valence-corrected chi connectivity index (χ4v) is 2.97. The van der Waals surface area contributed by atoms with E-state index < -0.39 is 11.8 Å². The summed E-state index contributed by atoms with van der Waals surface area (Å²) in [5, 5.41) is 5.24. The summed E-state index contributed by atoms with van der Waals surface area (Å²) in [4.78, 5) is 32.2. The third-order valence-electron chi connectivity index (χ3n) is 4.23. The van der Waals surface area contributed by atoms with Gasteiger partial charge in [0.25, 0.3) is 5.91 Å². The van der Waals surface area contributed by atoms with Gasteiger partial charge >= 0.3 is 0 Å². The largest absolute Gasteiger partial charge is 0.490 e. The number of carbonyl (C=O) groups is 2. The zero-order valence-corrected chi connectivity index (χ0v) is 17.8. The van der Waals surface area contributed by atoms with Gasteiger partial charge in [-0.05, 0) is 45.0 Å². The lowest BCUT2D eigenvalue weighted by Crippen LogP contribution is -2.33. The van der Waals surface area contributed by atoms with Crippen LogP contribution in [0, 0.1) is 0 Å². The molecule has 0 aliphatic rings. The molecule has 2 amide bonds. The van der Waals surface area contributed by atoms with Gasteiger partial charge in [-0.1, -0.05) is 12.1 Å². The van der Waals surface area contributed by atoms with Gasteiger partial charge in [-0.2, -0.15) is 0 Å². The second kappa shape index (κ2) is 10.3. The van der Waals surface area contributed by atoms with E-state index in [-0.39, 0.29) is 6.54 Å². The Kier molecular flexibility index (Phi) is 7.31. The Morgan fingerprint density at radius 1 is 0.968 bits per heavy atom. The highest BCUT2D eigenvalue weighted by atomic mass is 16.5. The van der Waals surface area contributed by atoms with Crippen molar-refractivity contribution >= 4 is 28.8 Å². The average Bonchev–Trinajstić information content (AvgIpc) is 3.16. The Hall–Kier alpha value is -3.75. The van der Waals surface area contributed by atoms with E-state index in [1.54, 1.807) is 12.1 Å². The van der Waals surface area contributed by atoms with Crippen molar-refractivity contribution in [3.8, 4) is 17.2 Å². The first-order chi connectivity index (χ1) is 15.0. The molecule has 0 spiro atoms. The SMILES string of the molecule is CCOc1cc(C(=O)NCC(=O)Nc2nc3ccccc3[nH]2)cc(OCC)c1OCC. The van der Waals surface area contributed by atoms with Crippen molar-refractivity contribution in [2.45, 2.75) is 20.8 Å². The van der Waals surface area contributed by atoms with Crippen LogP contribution in [-0.2, 0) is 4.79 Å². The number of hydrogen-bond donors (Lipinski definition) is 3. The minimum atomic E-state index is -0.440. The molecule has 31 heavy (non-hydrogen) atoms. The predicted molar refractivity (Wildman–Crippen MR) is 117 cm³/mol. The van der Waals surface area contributed by atoms with E-state index in [9.17, 15) is 9.59 Å². The summed E-state index contributed by atoms with van der Waals surface area (Å²) in [6.45, 7) is 6.53. The molecule has 9 nitrogen and oxygen atoms in total. The molecule has 0 aliphatic carbocycles. The molecule has 164 valence electrons. The Bertz CT molecular complexity index is 1000. The quantitative estimate of drug-likeness (QED) is 0.459. The maximum Gasteiger partial charge on any atom is 0.251 e. The van der Waals surface area contributed by atoms with Gasteiger partial charge in [0.15, 0.2) is 11.5 Å². The number of para-hydroxylation sites is 2. The summed E-state index contributed by atoms with van der Waals surface area (Å²) in [7, 11) is 0. The molecule has 0 fully saturated rings. The number of rotatable bonds is 10. The normalized spacial score (nSPS) is 10.5. The first kappa shape index (κ1) is 21.9. The summed E-state index contributed by atoms with van der Waals surface area (Å²) in [5.74, 6) is 0.738. The van der Waals surface area contributed by atoms with E-state index in [4.69, 9.17) is 14.2 Å². The van der Waals surface area contributed by atoms with Gasteiger partial charge in [-0.15, -0.1) is 0 Å². The van der Waals surface area contributed by atoms with Crippen molar-refractivity contribution in [2.75, 3.05) is 31.7 Å². The average molecular weight is 426 g/mol. The zero-order valence-electron chi connectivity index (χ0n) is 17.8. The third-order valence-corrected chi connectivity index (χ3v) is 4.23. The predicted octanol–water partition coefficient (Wildman–Crippen LogP) is 3.13. The van der Waals surface area contributed by atoms with Crippen LogP contribution < -0.4 is 24.8 Å². The van der Waals surface area contributed by atoms with Crippen LogP contribution in [0.1, 0.15) is 31.1 Å². The molecule has 3 aromatic rings. The minimum absolute atomic E-state index is 0.225. The van der Waals surface area contributed by atoms with Crippen molar-refractivity contribution in [1.82, 2.24) is 15.3 Å². The van der Waals surface area contributed by atoms with E-state index in [1.165, 1.54) is 0 Å². The highest BCUT2D eigenvalue weighted by Gasteiger charge is 2.19. The number of amides is 2. The lowest BCUT2D eigenvalue weighted by molar-refractivity contribution is -0.115. The fourth-order valence-electron chi connectivity index (χ4n) is 2.97. The Morgan fingerprint density at radius 2 is 1.61 bits per heavy atom. The Morgan fingerprint density at radius 3 is 2.23 bits per heavy atom. The number of nitrogens with zero attached hydrogens (tertiary/aromatic N) is 1. The number of aromatic nitrogens is 2. The summed E-state index contributed by atoms with van der Waals surface area (Å²) < 4.78 is 16.9. The van der Waals surface area contributed by atoms with E-state index in [1.807, 2.05) is 45.0 Å². The van der Waals surface area contributed by atoms with E-state index >= 15 is 0 Å². The van der Waals surface area contributed by atoms with Crippen molar-refractivity contribution in [2.24, 2.45) is 0 Å². The number of hydrogen-bond acceptors (Lipinski definition) is 6. The monoisotopic (exact) mass is 426 g/mol. The van der Waals surface area contributed by atoms with Gasteiger partial charge in [0, 0.05) is 5.56 Å². The molecular formula is C22H26N4O5. The van der Waals surface area contributed by atoms with E-state index in [0.717, 1.165) is 11.0 Å². The fraction of sp³-hybridized carbons (Fsp3) is 0.318. The number of aromatic amines is 1. The molecule has 3 rings (SSSR count). The second-order valence-electron chi connectivity index (χ2n) is 6.43. The standard InChI is InChI=1S/C22H26N4O5/c1-4-29-17-11-14(12-18(30-5-2)20(17)31-6-3)21(28)23-13-19(27)26-22-24-15-9-7-8-10-16(15)25-22/h7-12H,4-6,13H2,1-3H3,(H,23,28)(H2,24,25,26,27). The number of benzene rings is 2. The first-order valence-electron chi connectivity index (χ1n) is 10.1. The van der Waals surface area contributed by atoms with Gasteiger partial charge < -0.3 is 24.5 Å². The molecule has 2 aromatic carbocycles. The molecule has 1 aromatic heterocycles. The summed E-state index contributed by atoms with van der Waals surface area (Å²) in [6, 6.07) is 10.6. The van der Waals surface area contributed by atoms with Crippen LogP contribution in [0.2, 0.25) is 0 Å². The molecule has 3 N–H and O–H groups in total. The van der Waals surface area contributed by atoms with E-state index in [0.29, 0.717) is 48.6 Å². The zero-order chi connectivity index (χ0) is 22.2. The number of anilines is 1. The number of H-pyrrole nitrogens is 1. The van der Waals surface area contributed by atoms with Crippen LogP contribution in [-0.4, -0.2) is 48.1 Å². The van der Waals surface area contributed by atoms with Crippen molar-refractivity contribution in [3.05, 3.63) is 42.0 Å². The smallest absolute Gasteiger partial charge is 0.251 e. The number of imidazole rings is 1. The summed E-state index contributed by atoms with van der Waals surface area (Å²) in [6.07, 6.45) is 0.